The minimum Gasteiger partial charge on any atom is -0.363 e. The molecule has 0 aromatic carbocycles. The minimum absolute atomic E-state index is 0.834. The molecular formula is C8H13NS. The highest BCUT2D eigenvalue weighted by atomic mass is 32.1. The summed E-state index contributed by atoms with van der Waals surface area (Å²) in [5.41, 5.74) is 0. The maximum Gasteiger partial charge on any atom is 0.0781 e. The van der Waals surface area contributed by atoms with Crippen LogP contribution in [0.15, 0.2) is 0 Å². The summed E-state index contributed by atoms with van der Waals surface area (Å²) >= 11 is 5.27. The van der Waals surface area contributed by atoms with Crippen LogP contribution < -0.4 is 0 Å². The Labute approximate surface area is 67.4 Å². The van der Waals surface area contributed by atoms with Crippen LogP contribution in [0.1, 0.15) is 32.1 Å². The summed E-state index contributed by atoms with van der Waals surface area (Å²) < 4.78 is 0. The first-order chi connectivity index (χ1) is 4.88. The lowest BCUT2D eigenvalue weighted by Crippen LogP contribution is -2.37. The van der Waals surface area contributed by atoms with Crippen molar-refractivity contribution < 1.29 is 0 Å². The van der Waals surface area contributed by atoms with E-state index in [-0.39, 0.29) is 0 Å². The van der Waals surface area contributed by atoms with E-state index in [4.69, 9.17) is 12.2 Å². The van der Waals surface area contributed by atoms with Crippen LogP contribution >= 0.6 is 12.2 Å². The normalized spacial score (nSPS) is 32.6. The number of rotatable bonds is 0. The van der Waals surface area contributed by atoms with Crippen LogP contribution in [0.25, 0.3) is 0 Å². The molecule has 0 spiro atoms. The van der Waals surface area contributed by atoms with Gasteiger partial charge < -0.3 is 4.90 Å². The summed E-state index contributed by atoms with van der Waals surface area (Å²) in [4.78, 5) is 3.67. The second-order valence-corrected chi connectivity index (χ2v) is 3.75. The maximum absolute atomic E-state index is 5.27. The molecular weight excluding hydrogens is 142 g/mol. The molecule has 0 radical (unpaired) electrons. The molecule has 1 nitrogen and oxygen atoms in total. The van der Waals surface area contributed by atoms with Gasteiger partial charge in [-0.15, -0.1) is 0 Å². The minimum atomic E-state index is 0.834. The van der Waals surface area contributed by atoms with E-state index >= 15 is 0 Å². The lowest BCUT2D eigenvalue weighted by Gasteiger charge is -2.31. The van der Waals surface area contributed by atoms with Crippen LogP contribution in [-0.4, -0.2) is 22.5 Å². The Morgan fingerprint density at radius 1 is 1.30 bits per heavy atom. The zero-order valence-electron chi connectivity index (χ0n) is 6.18. The quantitative estimate of drug-likeness (QED) is 0.492. The van der Waals surface area contributed by atoms with Gasteiger partial charge in [-0.1, -0.05) is 12.2 Å². The van der Waals surface area contributed by atoms with Crippen molar-refractivity contribution in [1.82, 2.24) is 4.90 Å². The zero-order valence-corrected chi connectivity index (χ0v) is 6.99. The first-order valence-corrected chi connectivity index (χ1v) is 4.58. The SMILES string of the molecule is S=C1CCC[C@H]2CCCN12. The van der Waals surface area contributed by atoms with E-state index in [1.807, 2.05) is 0 Å². The molecule has 2 heterocycles. The fraction of sp³-hybridized carbons (Fsp3) is 0.875. The van der Waals surface area contributed by atoms with E-state index < -0.39 is 0 Å². The summed E-state index contributed by atoms with van der Waals surface area (Å²) in [5.74, 6) is 0. The number of piperidine rings is 1. The van der Waals surface area contributed by atoms with Gasteiger partial charge in [0.1, 0.15) is 0 Å². The topological polar surface area (TPSA) is 3.24 Å². The molecule has 0 aliphatic carbocycles. The van der Waals surface area contributed by atoms with Gasteiger partial charge in [0.15, 0.2) is 0 Å². The van der Waals surface area contributed by atoms with Crippen LogP contribution in [0.5, 0.6) is 0 Å². The zero-order chi connectivity index (χ0) is 6.97. The highest BCUT2D eigenvalue weighted by Crippen LogP contribution is 2.27. The lowest BCUT2D eigenvalue weighted by molar-refractivity contribution is 0.335. The number of hydrogen-bond acceptors (Lipinski definition) is 1. The average molecular weight is 155 g/mol. The summed E-state index contributed by atoms with van der Waals surface area (Å²) in [5, 5.41) is 0. The summed E-state index contributed by atoms with van der Waals surface area (Å²) in [6.45, 7) is 1.24. The van der Waals surface area contributed by atoms with Gasteiger partial charge in [-0.05, 0) is 32.1 Å². The Bertz CT molecular complexity index is 155. The van der Waals surface area contributed by atoms with Crippen LogP contribution in [-0.2, 0) is 0 Å². The maximum atomic E-state index is 5.27. The molecule has 2 heteroatoms. The lowest BCUT2D eigenvalue weighted by atomic mass is 10.0. The fourth-order valence-corrected chi connectivity index (χ4v) is 2.48. The third kappa shape index (κ3) is 0.947. The molecule has 2 aliphatic rings. The van der Waals surface area contributed by atoms with Crippen LogP contribution in [0.2, 0.25) is 0 Å². The Morgan fingerprint density at radius 2 is 2.10 bits per heavy atom. The van der Waals surface area contributed by atoms with Crippen LogP contribution in [0, 0.1) is 0 Å². The van der Waals surface area contributed by atoms with Gasteiger partial charge in [-0.3, -0.25) is 0 Å². The van der Waals surface area contributed by atoms with Crippen molar-refractivity contribution in [3.63, 3.8) is 0 Å². The van der Waals surface area contributed by atoms with E-state index in [9.17, 15) is 0 Å². The van der Waals surface area contributed by atoms with Crippen molar-refractivity contribution >= 4 is 17.2 Å². The molecule has 0 saturated carbocycles. The molecule has 2 saturated heterocycles. The molecule has 2 fully saturated rings. The first kappa shape index (κ1) is 6.59. The molecule has 2 aliphatic heterocycles. The molecule has 56 valence electrons. The van der Waals surface area contributed by atoms with E-state index in [2.05, 4.69) is 4.90 Å². The monoisotopic (exact) mass is 155 g/mol. The van der Waals surface area contributed by atoms with E-state index in [1.165, 1.54) is 43.6 Å². The van der Waals surface area contributed by atoms with Gasteiger partial charge in [0.05, 0.1) is 4.99 Å². The molecule has 0 bridgehead atoms. The molecule has 0 unspecified atom stereocenters. The van der Waals surface area contributed by atoms with Crippen molar-refractivity contribution in [3.05, 3.63) is 0 Å². The third-order valence-corrected chi connectivity index (χ3v) is 3.06. The van der Waals surface area contributed by atoms with Crippen LogP contribution in [0.4, 0.5) is 0 Å². The van der Waals surface area contributed by atoms with Crippen molar-refractivity contribution in [2.45, 2.75) is 38.1 Å². The van der Waals surface area contributed by atoms with Gasteiger partial charge in [-0.25, -0.2) is 0 Å². The van der Waals surface area contributed by atoms with Gasteiger partial charge in [0.2, 0.25) is 0 Å². The van der Waals surface area contributed by atoms with Crippen molar-refractivity contribution in [2.75, 3.05) is 6.54 Å². The second-order valence-electron chi connectivity index (χ2n) is 3.28. The smallest absolute Gasteiger partial charge is 0.0781 e. The molecule has 0 amide bonds. The summed E-state index contributed by atoms with van der Waals surface area (Å²) in [6, 6.07) is 0.834. The van der Waals surface area contributed by atoms with Gasteiger partial charge in [0.25, 0.3) is 0 Å². The Kier molecular flexibility index (Phi) is 1.65. The molecule has 10 heavy (non-hydrogen) atoms. The number of nitrogens with zero attached hydrogens (tertiary/aromatic N) is 1. The van der Waals surface area contributed by atoms with Crippen molar-refractivity contribution in [3.8, 4) is 0 Å². The Hall–Kier alpha value is -0.110. The highest BCUT2D eigenvalue weighted by molar-refractivity contribution is 7.80. The first-order valence-electron chi connectivity index (χ1n) is 4.17. The largest absolute Gasteiger partial charge is 0.363 e. The van der Waals surface area contributed by atoms with Crippen molar-refractivity contribution in [1.29, 1.82) is 0 Å². The van der Waals surface area contributed by atoms with Gasteiger partial charge >= 0.3 is 0 Å². The molecule has 2 rings (SSSR count). The highest BCUT2D eigenvalue weighted by Gasteiger charge is 2.28. The molecule has 0 N–H and O–H groups in total. The molecule has 0 aromatic rings. The standard InChI is InChI=1S/C8H13NS/c10-8-5-1-3-7-4-2-6-9(7)8/h7H,1-6H2/t7-/m0/s1. The van der Waals surface area contributed by atoms with Crippen molar-refractivity contribution in [2.24, 2.45) is 0 Å². The molecule has 1 atom stereocenters. The number of thiocarbonyl (C=S) groups is 1. The Morgan fingerprint density at radius 3 is 2.90 bits per heavy atom. The molecule has 0 aromatic heterocycles. The summed E-state index contributed by atoms with van der Waals surface area (Å²) in [6.07, 6.45) is 6.65. The van der Waals surface area contributed by atoms with Gasteiger partial charge in [-0.2, -0.15) is 0 Å². The predicted octanol–water partition coefficient (Wildman–Crippen LogP) is 1.96. The van der Waals surface area contributed by atoms with E-state index in [0.717, 1.165) is 6.04 Å². The number of hydrogen-bond donors (Lipinski definition) is 0. The van der Waals surface area contributed by atoms with Gasteiger partial charge in [0, 0.05) is 12.6 Å². The second kappa shape index (κ2) is 2.50. The van der Waals surface area contributed by atoms with Crippen LogP contribution in [0.3, 0.4) is 0 Å². The average Bonchev–Trinajstić information content (AvgIpc) is 2.36. The summed E-state index contributed by atoms with van der Waals surface area (Å²) in [7, 11) is 0. The third-order valence-electron chi connectivity index (χ3n) is 2.63. The van der Waals surface area contributed by atoms with E-state index in [1.54, 1.807) is 0 Å². The fourth-order valence-electron chi connectivity index (χ4n) is 2.10. The number of fused-ring (bicyclic) bond motifs is 1. The van der Waals surface area contributed by atoms with E-state index in [0.29, 0.717) is 0 Å². The Balaban J connectivity index is 2.10. The predicted molar refractivity (Wildman–Crippen MR) is 46.2 cm³/mol.